The molecule has 0 fully saturated rings. The quantitative estimate of drug-likeness (QED) is 0.371. The van der Waals surface area contributed by atoms with E-state index in [2.05, 4.69) is 15.5 Å². The van der Waals surface area contributed by atoms with Crippen molar-refractivity contribution in [1.82, 2.24) is 4.90 Å². The molecule has 8 nitrogen and oxygen atoms in total. The number of carbonyl (C=O) groups is 2. The molecule has 2 aliphatic heterocycles. The van der Waals surface area contributed by atoms with E-state index in [4.69, 9.17) is 21.1 Å². The van der Waals surface area contributed by atoms with Gasteiger partial charge in [-0.25, -0.2) is 0 Å². The largest absolute Gasteiger partial charge is 0.486 e. The summed E-state index contributed by atoms with van der Waals surface area (Å²) in [5.41, 5.74) is 4.88. The second-order valence-electron chi connectivity index (χ2n) is 9.63. The molecule has 0 saturated carbocycles. The number of fused-ring (bicyclic) bond motifs is 2. The first-order valence-corrected chi connectivity index (χ1v) is 13.3. The molecular weight excluding hydrogens is 516 g/mol. The first kappa shape index (κ1) is 26.6. The summed E-state index contributed by atoms with van der Waals surface area (Å²) in [6, 6.07) is 18.6. The van der Waals surface area contributed by atoms with Crippen LogP contribution in [0.1, 0.15) is 24.5 Å². The molecule has 0 bridgehead atoms. The van der Waals surface area contributed by atoms with Crippen molar-refractivity contribution in [2.45, 2.75) is 13.3 Å². The fourth-order valence-electron chi connectivity index (χ4n) is 4.63. The molecule has 0 radical (unpaired) electrons. The van der Waals surface area contributed by atoms with Gasteiger partial charge in [-0.15, -0.1) is 0 Å². The van der Waals surface area contributed by atoms with Crippen LogP contribution in [-0.4, -0.2) is 57.1 Å². The van der Waals surface area contributed by atoms with Crippen LogP contribution in [0.15, 0.2) is 60.7 Å². The molecule has 3 aromatic carbocycles. The number of amides is 2. The predicted octanol–water partition coefficient (Wildman–Crippen LogP) is 5.35. The summed E-state index contributed by atoms with van der Waals surface area (Å²) in [6.45, 7) is 4.17. The van der Waals surface area contributed by atoms with E-state index >= 15 is 0 Å². The number of carbonyl (C=O) groups excluding carboxylic acids is 2. The van der Waals surface area contributed by atoms with E-state index in [0.29, 0.717) is 59.7 Å². The number of likely N-dealkylation sites (N-methyl/N-ethyl adjacent to an activating group) is 1. The molecule has 0 unspecified atom stereocenters. The Labute approximate surface area is 233 Å². The van der Waals surface area contributed by atoms with Crippen LogP contribution in [0.2, 0.25) is 5.02 Å². The van der Waals surface area contributed by atoms with Crippen molar-refractivity contribution in [2.75, 3.05) is 55.9 Å². The fourth-order valence-corrected chi connectivity index (χ4v) is 4.80. The van der Waals surface area contributed by atoms with Crippen molar-refractivity contribution in [3.05, 3.63) is 76.8 Å². The van der Waals surface area contributed by atoms with Crippen LogP contribution in [0, 0.1) is 0 Å². The van der Waals surface area contributed by atoms with Crippen LogP contribution < -0.4 is 25.0 Å². The second kappa shape index (κ2) is 11.4. The number of benzene rings is 3. The molecule has 2 N–H and O–H groups in total. The number of hydrogen-bond acceptors (Lipinski definition) is 6. The minimum atomic E-state index is -0.232. The summed E-state index contributed by atoms with van der Waals surface area (Å²) in [5, 5.41) is 6.94. The molecule has 3 aromatic rings. The summed E-state index contributed by atoms with van der Waals surface area (Å²) in [5.74, 6) is 1.12. The lowest BCUT2D eigenvalue weighted by Gasteiger charge is -2.25. The third-order valence-electron chi connectivity index (χ3n) is 6.63. The SMILES string of the molecule is CCC(=O)N(CCN(C)C)c1ccc(N/C(=C2\C(=O)Nc3cc(Cl)ccc32)c2ccc3c(c2)OCCO3)cc1. The molecular formula is C30H31ClN4O4. The van der Waals surface area contributed by atoms with Gasteiger partial charge in [0.2, 0.25) is 5.91 Å². The number of anilines is 3. The third-order valence-corrected chi connectivity index (χ3v) is 6.86. The van der Waals surface area contributed by atoms with E-state index in [1.54, 1.807) is 17.0 Å². The van der Waals surface area contributed by atoms with Gasteiger partial charge in [-0.2, -0.15) is 0 Å². The minimum Gasteiger partial charge on any atom is -0.486 e. The van der Waals surface area contributed by atoms with Crippen molar-refractivity contribution < 1.29 is 19.1 Å². The van der Waals surface area contributed by atoms with Gasteiger partial charge in [-0.3, -0.25) is 9.59 Å². The van der Waals surface area contributed by atoms with Crippen molar-refractivity contribution in [3.63, 3.8) is 0 Å². The maximum atomic E-state index is 13.3. The van der Waals surface area contributed by atoms with Crippen LogP contribution >= 0.6 is 11.6 Å². The molecule has 202 valence electrons. The molecule has 0 spiro atoms. The van der Waals surface area contributed by atoms with E-state index in [1.807, 2.05) is 69.6 Å². The van der Waals surface area contributed by atoms with E-state index in [9.17, 15) is 9.59 Å². The standard InChI is InChI=1S/C30H31ClN4O4/c1-4-27(36)35(14-13-34(2)3)22-9-7-21(8-10-22)32-29(19-5-12-25-26(17-19)39-16-15-38-25)28-23-11-6-20(31)18-24(23)33-30(28)37/h5-12,17-18,32H,4,13-16H2,1-3H3,(H,33,37)/b29-28-. The van der Waals surface area contributed by atoms with Gasteiger partial charge < -0.3 is 29.9 Å². The summed E-state index contributed by atoms with van der Waals surface area (Å²) >= 11 is 6.19. The Balaban J connectivity index is 1.54. The number of ether oxygens (including phenoxy) is 2. The van der Waals surface area contributed by atoms with Crippen molar-refractivity contribution in [2.24, 2.45) is 0 Å². The summed E-state index contributed by atoms with van der Waals surface area (Å²) in [4.78, 5) is 29.8. The average molecular weight is 547 g/mol. The minimum absolute atomic E-state index is 0.0644. The van der Waals surface area contributed by atoms with E-state index in [-0.39, 0.29) is 11.8 Å². The maximum Gasteiger partial charge on any atom is 0.258 e. The van der Waals surface area contributed by atoms with Crippen LogP contribution in [0.25, 0.3) is 11.3 Å². The normalized spacial score (nSPS) is 15.1. The molecule has 2 heterocycles. The van der Waals surface area contributed by atoms with E-state index in [0.717, 1.165) is 29.0 Å². The number of nitrogens with zero attached hydrogens (tertiary/aromatic N) is 2. The first-order chi connectivity index (χ1) is 18.8. The van der Waals surface area contributed by atoms with Gasteiger partial charge in [-0.05, 0) is 68.7 Å². The van der Waals surface area contributed by atoms with Crippen molar-refractivity contribution in [3.8, 4) is 11.5 Å². The van der Waals surface area contributed by atoms with Gasteiger partial charge in [0.05, 0.1) is 17.0 Å². The van der Waals surface area contributed by atoms with Gasteiger partial charge in [0, 0.05) is 47.0 Å². The Hall–Kier alpha value is -4.01. The van der Waals surface area contributed by atoms with Crippen LogP contribution in [0.5, 0.6) is 11.5 Å². The lowest BCUT2D eigenvalue weighted by molar-refractivity contribution is -0.118. The summed E-state index contributed by atoms with van der Waals surface area (Å²) < 4.78 is 11.5. The smallest absolute Gasteiger partial charge is 0.258 e. The van der Waals surface area contributed by atoms with Gasteiger partial charge >= 0.3 is 0 Å². The molecule has 2 aliphatic rings. The Kier molecular flexibility index (Phi) is 7.77. The summed E-state index contributed by atoms with van der Waals surface area (Å²) in [7, 11) is 3.97. The number of halogens is 1. The number of hydrogen-bond donors (Lipinski definition) is 2. The molecule has 9 heteroatoms. The highest BCUT2D eigenvalue weighted by Crippen LogP contribution is 2.41. The predicted molar refractivity (Wildman–Crippen MR) is 156 cm³/mol. The second-order valence-corrected chi connectivity index (χ2v) is 10.1. The molecule has 0 atom stereocenters. The van der Waals surface area contributed by atoms with Crippen molar-refractivity contribution in [1.29, 1.82) is 0 Å². The topological polar surface area (TPSA) is 83.1 Å². The third kappa shape index (κ3) is 5.72. The van der Waals surface area contributed by atoms with Gasteiger partial charge in [0.15, 0.2) is 11.5 Å². The summed E-state index contributed by atoms with van der Waals surface area (Å²) in [6.07, 6.45) is 0.423. The van der Waals surface area contributed by atoms with Gasteiger partial charge in [0.25, 0.3) is 5.91 Å². The highest BCUT2D eigenvalue weighted by atomic mass is 35.5. The Morgan fingerprint density at radius 2 is 1.72 bits per heavy atom. The average Bonchev–Trinajstić information content (AvgIpc) is 3.26. The monoisotopic (exact) mass is 546 g/mol. The van der Waals surface area contributed by atoms with Crippen LogP contribution in [-0.2, 0) is 9.59 Å². The van der Waals surface area contributed by atoms with E-state index < -0.39 is 0 Å². The number of nitrogens with one attached hydrogen (secondary N) is 2. The van der Waals surface area contributed by atoms with Crippen LogP contribution in [0.4, 0.5) is 17.1 Å². The molecule has 0 saturated heterocycles. The molecule has 0 aromatic heterocycles. The van der Waals surface area contributed by atoms with Gasteiger partial charge in [-0.1, -0.05) is 24.6 Å². The lowest BCUT2D eigenvalue weighted by atomic mass is 9.99. The zero-order chi connectivity index (χ0) is 27.5. The zero-order valence-electron chi connectivity index (χ0n) is 22.2. The number of rotatable bonds is 8. The molecule has 2 amide bonds. The molecule has 5 rings (SSSR count). The van der Waals surface area contributed by atoms with Crippen molar-refractivity contribution >= 4 is 51.7 Å². The molecule has 0 aliphatic carbocycles. The lowest BCUT2D eigenvalue weighted by Crippen LogP contribution is -2.36. The zero-order valence-corrected chi connectivity index (χ0v) is 23.0. The Morgan fingerprint density at radius 3 is 2.44 bits per heavy atom. The van der Waals surface area contributed by atoms with Gasteiger partial charge in [0.1, 0.15) is 13.2 Å². The van der Waals surface area contributed by atoms with Crippen LogP contribution in [0.3, 0.4) is 0 Å². The highest BCUT2D eigenvalue weighted by molar-refractivity contribution is 6.38. The Bertz CT molecular complexity index is 1440. The first-order valence-electron chi connectivity index (χ1n) is 12.9. The highest BCUT2D eigenvalue weighted by Gasteiger charge is 2.29. The fraction of sp³-hybridized carbons (Fsp3) is 0.267. The molecule has 39 heavy (non-hydrogen) atoms. The maximum absolute atomic E-state index is 13.3. The van der Waals surface area contributed by atoms with E-state index in [1.165, 1.54) is 0 Å². The Morgan fingerprint density at radius 1 is 0.974 bits per heavy atom.